The molecule has 0 saturated carbocycles. The maximum atomic E-state index is 13.0. The van der Waals surface area contributed by atoms with Gasteiger partial charge in [0.1, 0.15) is 4.83 Å². The van der Waals surface area contributed by atoms with E-state index in [1.54, 1.807) is 47.2 Å². The normalized spacial score (nSPS) is 14.4. The average molecular weight is 470 g/mol. The van der Waals surface area contributed by atoms with Gasteiger partial charge in [0.2, 0.25) is 5.91 Å². The zero-order valence-electron chi connectivity index (χ0n) is 18.9. The monoisotopic (exact) mass is 469 g/mol. The van der Waals surface area contributed by atoms with Crippen molar-refractivity contribution in [2.75, 3.05) is 5.32 Å². The van der Waals surface area contributed by atoms with Gasteiger partial charge in [-0.25, -0.2) is 4.98 Å². The number of thioether (sulfide) groups is 1. The molecule has 6 nitrogen and oxygen atoms in total. The lowest BCUT2D eigenvalue weighted by Gasteiger charge is -2.18. The molecule has 32 heavy (non-hydrogen) atoms. The molecular formula is C24H27N3O3S2. The molecule has 0 bridgehead atoms. The Kier molecular flexibility index (Phi) is 6.02. The molecule has 1 aliphatic carbocycles. The zero-order valence-corrected chi connectivity index (χ0v) is 20.6. The summed E-state index contributed by atoms with van der Waals surface area (Å²) in [5.41, 5.74) is 1.85. The molecule has 0 aliphatic heterocycles. The van der Waals surface area contributed by atoms with Gasteiger partial charge in [-0.2, -0.15) is 0 Å². The standard InChI is InChI=1S/C24H27N3O3S2/c1-13(19(28)14-9-11-15(12-10-14)25-22(30)24(2,3)4)31-23-26-20-18(21(29)27(23)5)16-7-6-8-17(16)32-20/h9-13H,6-8H2,1-5H3,(H,25,30). The first kappa shape index (κ1) is 22.7. The molecular weight excluding hydrogens is 442 g/mol. The lowest BCUT2D eigenvalue weighted by atomic mass is 9.95. The Hall–Kier alpha value is -2.45. The van der Waals surface area contributed by atoms with Crippen molar-refractivity contribution in [2.24, 2.45) is 12.5 Å². The number of anilines is 1. The molecule has 0 spiro atoms. The minimum Gasteiger partial charge on any atom is -0.326 e. The highest BCUT2D eigenvalue weighted by atomic mass is 32.2. The Bertz CT molecular complexity index is 1270. The van der Waals surface area contributed by atoms with Crippen molar-refractivity contribution in [3.63, 3.8) is 0 Å². The third-order valence-electron chi connectivity index (χ3n) is 5.67. The average Bonchev–Trinajstić information content (AvgIpc) is 3.32. The van der Waals surface area contributed by atoms with Gasteiger partial charge in [-0.3, -0.25) is 19.0 Å². The Morgan fingerprint density at radius 2 is 1.88 bits per heavy atom. The van der Waals surface area contributed by atoms with Crippen LogP contribution in [0.4, 0.5) is 5.69 Å². The maximum absolute atomic E-state index is 13.0. The number of amides is 1. The minimum atomic E-state index is -0.494. The van der Waals surface area contributed by atoms with Crippen LogP contribution in [0.15, 0.2) is 34.2 Å². The Labute approximate surface area is 195 Å². The van der Waals surface area contributed by atoms with E-state index in [4.69, 9.17) is 4.98 Å². The van der Waals surface area contributed by atoms with E-state index in [0.717, 1.165) is 35.0 Å². The zero-order chi connectivity index (χ0) is 23.2. The summed E-state index contributed by atoms with van der Waals surface area (Å²) in [6, 6.07) is 6.91. The highest BCUT2D eigenvalue weighted by molar-refractivity contribution is 8.00. The summed E-state index contributed by atoms with van der Waals surface area (Å²) in [4.78, 5) is 44.9. The van der Waals surface area contributed by atoms with Gasteiger partial charge >= 0.3 is 0 Å². The first-order chi connectivity index (χ1) is 15.1. The lowest BCUT2D eigenvalue weighted by Crippen LogP contribution is -2.27. The van der Waals surface area contributed by atoms with Crippen molar-refractivity contribution in [1.29, 1.82) is 0 Å². The van der Waals surface area contributed by atoms with Crippen LogP contribution in [0.2, 0.25) is 0 Å². The van der Waals surface area contributed by atoms with E-state index in [2.05, 4.69) is 5.32 Å². The van der Waals surface area contributed by atoms with Gasteiger partial charge in [0, 0.05) is 28.6 Å². The number of ketones is 1. The maximum Gasteiger partial charge on any atom is 0.262 e. The smallest absolute Gasteiger partial charge is 0.262 e. The first-order valence-electron chi connectivity index (χ1n) is 10.7. The summed E-state index contributed by atoms with van der Waals surface area (Å²) in [5, 5.41) is 3.76. The van der Waals surface area contributed by atoms with E-state index in [-0.39, 0.29) is 17.2 Å². The summed E-state index contributed by atoms with van der Waals surface area (Å²) in [6.07, 6.45) is 3.06. The lowest BCUT2D eigenvalue weighted by molar-refractivity contribution is -0.123. The van der Waals surface area contributed by atoms with Crippen molar-refractivity contribution in [3.05, 3.63) is 50.6 Å². The number of rotatable bonds is 5. The summed E-state index contributed by atoms with van der Waals surface area (Å²) in [6.45, 7) is 7.37. The van der Waals surface area contributed by atoms with Crippen LogP contribution in [-0.2, 0) is 24.7 Å². The summed E-state index contributed by atoms with van der Waals surface area (Å²) in [7, 11) is 1.72. The number of Topliss-reactive ketones (excluding diaryl/α,β-unsaturated/α-hetero) is 1. The van der Waals surface area contributed by atoms with E-state index in [9.17, 15) is 14.4 Å². The summed E-state index contributed by atoms with van der Waals surface area (Å²) in [5.74, 6) is -0.130. The Morgan fingerprint density at radius 1 is 1.19 bits per heavy atom. The van der Waals surface area contributed by atoms with Gasteiger partial charge in [-0.05, 0) is 56.0 Å². The highest BCUT2D eigenvalue weighted by Crippen LogP contribution is 2.36. The second-order valence-electron chi connectivity index (χ2n) is 9.20. The quantitative estimate of drug-likeness (QED) is 0.329. The van der Waals surface area contributed by atoms with E-state index in [0.29, 0.717) is 16.4 Å². The van der Waals surface area contributed by atoms with Crippen LogP contribution < -0.4 is 10.9 Å². The van der Waals surface area contributed by atoms with Gasteiger partial charge in [0.15, 0.2) is 10.9 Å². The van der Waals surface area contributed by atoms with E-state index >= 15 is 0 Å². The fraction of sp³-hybridized carbons (Fsp3) is 0.417. The van der Waals surface area contributed by atoms with Crippen molar-refractivity contribution in [3.8, 4) is 0 Å². The number of nitrogens with one attached hydrogen (secondary N) is 1. The van der Waals surface area contributed by atoms with Crippen LogP contribution in [0.25, 0.3) is 10.2 Å². The SMILES string of the molecule is CC(Sc1nc2sc3c(c2c(=O)n1C)CCC3)C(=O)c1ccc(NC(=O)C(C)(C)C)cc1. The number of aromatic nitrogens is 2. The van der Waals surface area contributed by atoms with Crippen LogP contribution >= 0.6 is 23.1 Å². The van der Waals surface area contributed by atoms with Crippen LogP contribution in [0.5, 0.6) is 0 Å². The summed E-state index contributed by atoms with van der Waals surface area (Å²) >= 11 is 2.91. The molecule has 0 fully saturated rings. The Morgan fingerprint density at radius 3 is 2.53 bits per heavy atom. The molecule has 8 heteroatoms. The topological polar surface area (TPSA) is 81.1 Å². The molecule has 0 saturated heterocycles. The highest BCUT2D eigenvalue weighted by Gasteiger charge is 2.25. The van der Waals surface area contributed by atoms with Crippen LogP contribution in [0.1, 0.15) is 54.9 Å². The number of carbonyl (C=O) groups excluding carboxylic acids is 2. The number of hydrogen-bond acceptors (Lipinski definition) is 6. The number of nitrogens with zero attached hydrogens (tertiary/aromatic N) is 2. The van der Waals surface area contributed by atoms with Gasteiger partial charge in [0.05, 0.1) is 10.6 Å². The van der Waals surface area contributed by atoms with E-state index in [1.165, 1.54) is 16.6 Å². The third-order valence-corrected chi connectivity index (χ3v) is 7.99. The Balaban J connectivity index is 1.52. The first-order valence-corrected chi connectivity index (χ1v) is 12.4. The van der Waals surface area contributed by atoms with Gasteiger partial charge in [-0.1, -0.05) is 32.5 Å². The molecule has 1 amide bonds. The number of thiophene rings is 1. The molecule has 1 aromatic carbocycles. The van der Waals surface area contributed by atoms with E-state index < -0.39 is 10.7 Å². The minimum absolute atomic E-state index is 0.0320. The fourth-order valence-corrected chi connectivity index (χ4v) is 5.95. The molecule has 2 aromatic heterocycles. The van der Waals surface area contributed by atoms with Gasteiger partial charge in [0.25, 0.3) is 5.56 Å². The van der Waals surface area contributed by atoms with Crippen molar-refractivity contribution < 1.29 is 9.59 Å². The summed E-state index contributed by atoms with van der Waals surface area (Å²) < 4.78 is 1.56. The van der Waals surface area contributed by atoms with Crippen molar-refractivity contribution in [1.82, 2.24) is 9.55 Å². The van der Waals surface area contributed by atoms with Crippen LogP contribution in [0.3, 0.4) is 0 Å². The molecule has 1 atom stereocenters. The van der Waals surface area contributed by atoms with Crippen LogP contribution in [0, 0.1) is 5.41 Å². The molecule has 1 aliphatic rings. The second-order valence-corrected chi connectivity index (χ2v) is 11.6. The van der Waals surface area contributed by atoms with Crippen LogP contribution in [-0.4, -0.2) is 26.5 Å². The number of aryl methyl sites for hydroxylation is 2. The van der Waals surface area contributed by atoms with Crippen molar-refractivity contribution >= 4 is 50.7 Å². The molecule has 3 aromatic rings. The number of benzene rings is 1. The largest absolute Gasteiger partial charge is 0.326 e. The molecule has 1 N–H and O–H groups in total. The number of fused-ring (bicyclic) bond motifs is 3. The second kappa shape index (κ2) is 8.48. The predicted octanol–water partition coefficient (Wildman–Crippen LogP) is 4.83. The predicted molar refractivity (Wildman–Crippen MR) is 131 cm³/mol. The number of carbonyl (C=O) groups is 2. The molecule has 0 radical (unpaired) electrons. The molecule has 4 rings (SSSR count). The van der Waals surface area contributed by atoms with Crippen molar-refractivity contribution in [2.45, 2.75) is 57.4 Å². The number of hydrogen-bond donors (Lipinski definition) is 1. The third kappa shape index (κ3) is 4.26. The molecule has 2 heterocycles. The molecule has 168 valence electrons. The molecule has 1 unspecified atom stereocenters. The van der Waals surface area contributed by atoms with E-state index in [1.807, 2.05) is 27.7 Å². The van der Waals surface area contributed by atoms with Gasteiger partial charge < -0.3 is 5.32 Å². The van der Waals surface area contributed by atoms with Gasteiger partial charge in [-0.15, -0.1) is 11.3 Å². The fourth-order valence-electron chi connectivity index (χ4n) is 3.69.